The number of piperidine rings is 1. The summed E-state index contributed by atoms with van der Waals surface area (Å²) in [5, 5.41) is 3.36. The molecule has 0 bridgehead atoms. The zero-order valence-electron chi connectivity index (χ0n) is 15.7. The van der Waals surface area contributed by atoms with Crippen molar-refractivity contribution < 1.29 is 17.9 Å². The Morgan fingerprint density at radius 2 is 1.78 bits per heavy atom. The van der Waals surface area contributed by atoms with E-state index in [4.69, 9.17) is 9.47 Å². The smallest absolute Gasteiger partial charge is 0.243 e. The molecule has 9 heteroatoms. The van der Waals surface area contributed by atoms with Crippen LogP contribution >= 0.6 is 0 Å². The van der Waals surface area contributed by atoms with Crippen molar-refractivity contribution in [2.75, 3.05) is 32.6 Å². The van der Waals surface area contributed by atoms with Crippen molar-refractivity contribution in [2.45, 2.75) is 30.7 Å². The third-order valence-corrected chi connectivity index (χ3v) is 6.50. The summed E-state index contributed by atoms with van der Waals surface area (Å²) in [7, 11) is -0.575. The maximum atomic E-state index is 13.0. The number of aromatic nitrogens is 2. The lowest BCUT2D eigenvalue weighted by Crippen LogP contribution is -2.42. The first-order valence-electron chi connectivity index (χ1n) is 8.71. The molecular formula is C18H24N4O4S. The van der Waals surface area contributed by atoms with Crippen molar-refractivity contribution >= 4 is 15.8 Å². The van der Waals surface area contributed by atoms with E-state index in [1.807, 2.05) is 13.0 Å². The fraction of sp³-hybridized carbons (Fsp3) is 0.444. The SMILES string of the molecule is COc1ccc(S(=O)(=O)N2CCC(Nc3cc(C)ncn3)CC2)cc1OC. The molecule has 0 amide bonds. The average Bonchev–Trinajstić information content (AvgIpc) is 2.68. The third kappa shape index (κ3) is 4.30. The number of nitrogens with one attached hydrogen (secondary N) is 1. The van der Waals surface area contributed by atoms with Gasteiger partial charge in [-0.15, -0.1) is 0 Å². The summed E-state index contributed by atoms with van der Waals surface area (Å²) in [6.07, 6.45) is 2.93. The zero-order valence-corrected chi connectivity index (χ0v) is 16.5. The number of nitrogens with zero attached hydrogens (tertiary/aromatic N) is 3. The second-order valence-electron chi connectivity index (χ2n) is 6.38. The van der Waals surface area contributed by atoms with Gasteiger partial charge in [-0.1, -0.05) is 0 Å². The Morgan fingerprint density at radius 3 is 2.41 bits per heavy atom. The molecule has 3 rings (SSSR count). The highest BCUT2D eigenvalue weighted by atomic mass is 32.2. The van der Waals surface area contributed by atoms with E-state index in [1.165, 1.54) is 30.9 Å². The summed E-state index contributed by atoms with van der Waals surface area (Å²) in [6.45, 7) is 2.79. The number of methoxy groups -OCH3 is 2. The van der Waals surface area contributed by atoms with Gasteiger partial charge in [-0.2, -0.15) is 4.31 Å². The minimum atomic E-state index is -3.58. The average molecular weight is 392 g/mol. The number of rotatable bonds is 6. The number of benzene rings is 1. The van der Waals surface area contributed by atoms with Crippen molar-refractivity contribution in [3.05, 3.63) is 36.3 Å². The Morgan fingerprint density at radius 1 is 1.07 bits per heavy atom. The van der Waals surface area contributed by atoms with Crippen molar-refractivity contribution in [1.82, 2.24) is 14.3 Å². The Hall–Kier alpha value is -2.39. The summed E-state index contributed by atoms with van der Waals surface area (Å²) in [5.41, 5.74) is 0.890. The van der Waals surface area contributed by atoms with Crippen LogP contribution in [0.1, 0.15) is 18.5 Å². The predicted molar refractivity (Wildman–Crippen MR) is 102 cm³/mol. The van der Waals surface area contributed by atoms with Crippen LogP contribution in [0.25, 0.3) is 0 Å². The van der Waals surface area contributed by atoms with Gasteiger partial charge >= 0.3 is 0 Å². The van der Waals surface area contributed by atoms with Gasteiger partial charge in [0.2, 0.25) is 10.0 Å². The lowest BCUT2D eigenvalue weighted by Gasteiger charge is -2.32. The van der Waals surface area contributed by atoms with E-state index >= 15 is 0 Å². The zero-order chi connectivity index (χ0) is 19.4. The van der Waals surface area contributed by atoms with Crippen LogP contribution in [0.5, 0.6) is 11.5 Å². The normalized spacial score (nSPS) is 16.1. The van der Waals surface area contributed by atoms with Crippen molar-refractivity contribution in [1.29, 1.82) is 0 Å². The maximum Gasteiger partial charge on any atom is 0.243 e. The highest BCUT2D eigenvalue weighted by Crippen LogP contribution is 2.31. The van der Waals surface area contributed by atoms with Gasteiger partial charge in [0.25, 0.3) is 0 Å². The van der Waals surface area contributed by atoms with Gasteiger partial charge in [-0.05, 0) is 31.9 Å². The van der Waals surface area contributed by atoms with Crippen LogP contribution in [-0.2, 0) is 10.0 Å². The summed E-state index contributed by atoms with van der Waals surface area (Å²) in [4.78, 5) is 8.49. The molecule has 2 aromatic rings. The largest absolute Gasteiger partial charge is 0.493 e. The van der Waals surface area contributed by atoms with Crippen molar-refractivity contribution in [3.8, 4) is 11.5 Å². The maximum absolute atomic E-state index is 13.0. The monoisotopic (exact) mass is 392 g/mol. The van der Waals surface area contributed by atoms with E-state index in [1.54, 1.807) is 12.1 Å². The molecule has 1 fully saturated rings. The topological polar surface area (TPSA) is 93.7 Å². The molecule has 2 heterocycles. The molecule has 1 aromatic carbocycles. The van der Waals surface area contributed by atoms with Gasteiger partial charge in [0, 0.05) is 37.0 Å². The highest BCUT2D eigenvalue weighted by Gasteiger charge is 2.30. The molecule has 1 N–H and O–H groups in total. The van der Waals surface area contributed by atoms with Crippen LogP contribution in [0.3, 0.4) is 0 Å². The number of hydrogen-bond acceptors (Lipinski definition) is 7. The first kappa shape index (κ1) is 19.4. The summed E-state index contributed by atoms with van der Waals surface area (Å²) < 4.78 is 37.8. The van der Waals surface area contributed by atoms with Gasteiger partial charge in [0.15, 0.2) is 11.5 Å². The number of aryl methyl sites for hydroxylation is 1. The Balaban J connectivity index is 1.67. The molecule has 1 aromatic heterocycles. The molecule has 0 atom stereocenters. The molecule has 1 aliphatic heterocycles. The van der Waals surface area contributed by atoms with Crippen LogP contribution in [0.4, 0.5) is 5.82 Å². The van der Waals surface area contributed by atoms with Crippen LogP contribution in [0.2, 0.25) is 0 Å². The molecule has 0 spiro atoms. The van der Waals surface area contributed by atoms with Crippen LogP contribution in [-0.4, -0.2) is 56.0 Å². The standard InChI is InChI=1S/C18H24N4O4S/c1-13-10-18(20-12-19-13)21-14-6-8-22(9-7-14)27(23,24)15-4-5-16(25-2)17(11-15)26-3/h4-5,10-12,14H,6-9H2,1-3H3,(H,19,20,21). The molecule has 0 radical (unpaired) electrons. The predicted octanol–water partition coefficient (Wildman–Crippen LogP) is 2.07. The van der Waals surface area contributed by atoms with E-state index < -0.39 is 10.0 Å². The third-order valence-electron chi connectivity index (χ3n) is 4.60. The van der Waals surface area contributed by atoms with Gasteiger partial charge in [-0.25, -0.2) is 18.4 Å². The fourth-order valence-electron chi connectivity index (χ4n) is 3.11. The van der Waals surface area contributed by atoms with Gasteiger partial charge < -0.3 is 14.8 Å². The lowest BCUT2D eigenvalue weighted by atomic mass is 10.1. The molecular weight excluding hydrogens is 368 g/mol. The molecule has 1 saturated heterocycles. The van der Waals surface area contributed by atoms with Crippen molar-refractivity contribution in [2.24, 2.45) is 0 Å². The molecule has 146 valence electrons. The number of anilines is 1. The lowest BCUT2D eigenvalue weighted by molar-refractivity contribution is 0.328. The Kier molecular flexibility index (Phi) is 5.81. The van der Waals surface area contributed by atoms with Gasteiger partial charge in [-0.3, -0.25) is 0 Å². The number of hydrogen-bond donors (Lipinski definition) is 1. The minimum Gasteiger partial charge on any atom is -0.493 e. The molecule has 8 nitrogen and oxygen atoms in total. The number of sulfonamides is 1. The second-order valence-corrected chi connectivity index (χ2v) is 8.32. The van der Waals surface area contributed by atoms with E-state index in [2.05, 4.69) is 15.3 Å². The molecule has 27 heavy (non-hydrogen) atoms. The molecule has 1 aliphatic rings. The minimum absolute atomic E-state index is 0.177. The van der Waals surface area contributed by atoms with E-state index in [9.17, 15) is 8.42 Å². The Labute approximate surface area is 159 Å². The summed E-state index contributed by atoms with van der Waals surface area (Å²) >= 11 is 0. The molecule has 0 unspecified atom stereocenters. The van der Waals surface area contributed by atoms with Crippen LogP contribution in [0, 0.1) is 6.92 Å². The van der Waals surface area contributed by atoms with Crippen LogP contribution < -0.4 is 14.8 Å². The van der Waals surface area contributed by atoms with Crippen LogP contribution in [0.15, 0.2) is 35.5 Å². The van der Waals surface area contributed by atoms with Gasteiger partial charge in [0.1, 0.15) is 12.1 Å². The summed E-state index contributed by atoms with van der Waals surface area (Å²) in [6, 6.07) is 6.72. The second kappa shape index (κ2) is 8.10. The fourth-order valence-corrected chi connectivity index (χ4v) is 4.59. The quantitative estimate of drug-likeness (QED) is 0.804. The van der Waals surface area contributed by atoms with Gasteiger partial charge in [0.05, 0.1) is 19.1 Å². The van der Waals surface area contributed by atoms with E-state index in [0.717, 1.165) is 11.5 Å². The molecule has 0 aliphatic carbocycles. The summed E-state index contributed by atoms with van der Waals surface area (Å²) in [5.74, 6) is 1.66. The first-order chi connectivity index (χ1) is 12.9. The van der Waals surface area contributed by atoms with Crippen molar-refractivity contribution in [3.63, 3.8) is 0 Å². The first-order valence-corrected chi connectivity index (χ1v) is 10.2. The highest BCUT2D eigenvalue weighted by molar-refractivity contribution is 7.89. The molecule has 0 saturated carbocycles. The number of ether oxygens (including phenoxy) is 2. The Bertz CT molecular complexity index is 896. The van der Waals surface area contributed by atoms with E-state index in [0.29, 0.717) is 37.4 Å². The van der Waals surface area contributed by atoms with E-state index in [-0.39, 0.29) is 10.9 Å².